The van der Waals surface area contributed by atoms with E-state index in [0.717, 1.165) is 0 Å². The SMILES string of the molecule is CNC[C@H]1Oc2ccc(NS(=O)(=O)c3cn(C)cn3)cc2C(=O)N([C@H](C)CO)C[C@@H]1C. The Morgan fingerprint density at radius 2 is 2.13 bits per heavy atom. The van der Waals surface area contributed by atoms with Crippen LogP contribution in [0.1, 0.15) is 24.2 Å². The lowest BCUT2D eigenvalue weighted by atomic mass is 9.99. The van der Waals surface area contributed by atoms with Crippen LogP contribution < -0.4 is 14.8 Å². The van der Waals surface area contributed by atoms with E-state index >= 15 is 0 Å². The highest BCUT2D eigenvalue weighted by Crippen LogP contribution is 2.31. The zero-order valence-corrected chi connectivity index (χ0v) is 18.9. The molecule has 170 valence electrons. The summed E-state index contributed by atoms with van der Waals surface area (Å²) in [4.78, 5) is 18.8. The van der Waals surface area contributed by atoms with Gasteiger partial charge in [-0.1, -0.05) is 6.92 Å². The van der Waals surface area contributed by atoms with Crippen LogP contribution in [0.2, 0.25) is 0 Å². The van der Waals surface area contributed by atoms with Gasteiger partial charge in [-0.15, -0.1) is 0 Å². The lowest BCUT2D eigenvalue weighted by Gasteiger charge is -2.37. The van der Waals surface area contributed by atoms with Crippen molar-refractivity contribution in [3.8, 4) is 5.75 Å². The third-order valence-electron chi connectivity index (χ3n) is 5.28. The van der Waals surface area contributed by atoms with Crippen LogP contribution in [0.25, 0.3) is 0 Å². The number of carbonyl (C=O) groups is 1. The summed E-state index contributed by atoms with van der Waals surface area (Å²) in [6, 6.07) is 4.20. The molecule has 3 atom stereocenters. The second-order valence-corrected chi connectivity index (χ2v) is 9.50. The van der Waals surface area contributed by atoms with Crippen molar-refractivity contribution in [3.05, 3.63) is 36.3 Å². The van der Waals surface area contributed by atoms with Gasteiger partial charge in [0.1, 0.15) is 11.9 Å². The summed E-state index contributed by atoms with van der Waals surface area (Å²) in [5.41, 5.74) is 0.450. The highest BCUT2D eigenvalue weighted by atomic mass is 32.2. The second kappa shape index (κ2) is 9.25. The van der Waals surface area contributed by atoms with Gasteiger partial charge in [0.05, 0.1) is 24.5 Å². The Hall–Kier alpha value is -2.63. The topological polar surface area (TPSA) is 126 Å². The first-order valence-electron chi connectivity index (χ1n) is 10.0. The van der Waals surface area contributed by atoms with Crippen molar-refractivity contribution in [3.63, 3.8) is 0 Å². The number of aryl methyl sites for hydroxylation is 1. The Bertz CT molecular complexity index is 1040. The van der Waals surface area contributed by atoms with Crippen LogP contribution in [0.15, 0.2) is 35.7 Å². The van der Waals surface area contributed by atoms with Crippen LogP contribution in [0.3, 0.4) is 0 Å². The zero-order valence-electron chi connectivity index (χ0n) is 18.1. The number of carbonyl (C=O) groups excluding carboxylic acids is 1. The summed E-state index contributed by atoms with van der Waals surface area (Å²) in [5.74, 6) is 0.0544. The number of aliphatic hydroxyl groups is 1. The maximum atomic E-state index is 13.3. The smallest absolute Gasteiger partial charge is 0.280 e. The fraction of sp³-hybridized carbons (Fsp3) is 0.500. The van der Waals surface area contributed by atoms with Crippen molar-refractivity contribution in [2.45, 2.75) is 31.0 Å². The summed E-state index contributed by atoms with van der Waals surface area (Å²) in [7, 11) is -0.416. The van der Waals surface area contributed by atoms with Crippen LogP contribution in [-0.2, 0) is 17.1 Å². The van der Waals surface area contributed by atoms with Crippen LogP contribution in [0.4, 0.5) is 5.69 Å². The molecular weight excluding hydrogens is 422 g/mol. The predicted molar refractivity (Wildman–Crippen MR) is 116 cm³/mol. The van der Waals surface area contributed by atoms with Crippen LogP contribution in [0.5, 0.6) is 5.75 Å². The number of fused-ring (bicyclic) bond motifs is 1. The first-order valence-corrected chi connectivity index (χ1v) is 11.5. The van der Waals surface area contributed by atoms with Gasteiger partial charge in [-0.05, 0) is 32.2 Å². The minimum atomic E-state index is -3.91. The third kappa shape index (κ3) is 5.00. The summed E-state index contributed by atoms with van der Waals surface area (Å²) in [6.45, 7) is 4.55. The van der Waals surface area contributed by atoms with Crippen molar-refractivity contribution in [1.29, 1.82) is 0 Å². The number of aliphatic hydroxyl groups excluding tert-OH is 1. The molecule has 11 heteroatoms. The normalized spacial score (nSPS) is 20.4. The first-order chi connectivity index (χ1) is 14.7. The van der Waals surface area contributed by atoms with Crippen LogP contribution in [0, 0.1) is 5.92 Å². The molecule has 0 unspecified atom stereocenters. The average Bonchev–Trinajstić information content (AvgIpc) is 3.18. The standard InChI is InChI=1S/C20H29N5O5S/c1-13-9-25(14(2)11-26)20(27)16-7-15(5-6-17(16)30-18(13)8-21-3)23-31(28,29)19-10-24(4)12-22-19/h5-7,10,12-14,18,21,23,26H,8-9,11H2,1-4H3/t13-,14+,18+/m0/s1. The largest absolute Gasteiger partial charge is 0.488 e. The van der Waals surface area contributed by atoms with Crippen molar-refractivity contribution >= 4 is 21.6 Å². The summed E-state index contributed by atoms with van der Waals surface area (Å²) >= 11 is 0. The van der Waals surface area contributed by atoms with Gasteiger partial charge in [-0.2, -0.15) is 8.42 Å². The number of imidazole rings is 1. The van der Waals surface area contributed by atoms with Crippen molar-refractivity contribution < 1.29 is 23.1 Å². The van der Waals surface area contributed by atoms with Gasteiger partial charge in [0, 0.05) is 37.9 Å². The number of nitrogens with zero attached hydrogens (tertiary/aromatic N) is 3. The average molecular weight is 452 g/mol. The Morgan fingerprint density at radius 1 is 1.39 bits per heavy atom. The van der Waals surface area contributed by atoms with Gasteiger partial charge < -0.3 is 24.6 Å². The van der Waals surface area contributed by atoms with E-state index in [9.17, 15) is 18.3 Å². The maximum Gasteiger partial charge on any atom is 0.280 e. The fourth-order valence-corrected chi connectivity index (χ4v) is 4.50. The molecule has 0 radical (unpaired) electrons. The van der Waals surface area contributed by atoms with Crippen LogP contribution >= 0.6 is 0 Å². The molecule has 2 heterocycles. The molecule has 1 aliphatic heterocycles. The van der Waals surface area contributed by atoms with E-state index in [1.807, 2.05) is 14.0 Å². The van der Waals surface area contributed by atoms with E-state index < -0.39 is 16.1 Å². The number of hydrogen-bond acceptors (Lipinski definition) is 7. The molecule has 3 rings (SSSR count). The van der Waals surface area contributed by atoms with Gasteiger partial charge in [-0.25, -0.2) is 4.98 Å². The minimum Gasteiger partial charge on any atom is -0.488 e. The highest BCUT2D eigenvalue weighted by molar-refractivity contribution is 7.92. The molecule has 0 fully saturated rings. The van der Waals surface area contributed by atoms with Gasteiger partial charge in [0.2, 0.25) is 0 Å². The van der Waals surface area contributed by atoms with E-state index in [1.165, 1.54) is 23.2 Å². The van der Waals surface area contributed by atoms with Gasteiger partial charge in [0.15, 0.2) is 5.03 Å². The monoisotopic (exact) mass is 451 g/mol. The molecule has 1 aromatic carbocycles. The molecule has 0 saturated heterocycles. The predicted octanol–water partition coefficient (Wildman–Crippen LogP) is 0.660. The first kappa shape index (κ1) is 23.0. The van der Waals surface area contributed by atoms with Crippen molar-refractivity contribution in [1.82, 2.24) is 19.8 Å². The quantitative estimate of drug-likeness (QED) is 0.565. The molecule has 0 aliphatic carbocycles. The van der Waals surface area contributed by atoms with E-state index in [0.29, 0.717) is 18.8 Å². The molecule has 31 heavy (non-hydrogen) atoms. The Labute approximate surface area is 182 Å². The van der Waals surface area contributed by atoms with E-state index in [4.69, 9.17) is 4.74 Å². The number of ether oxygens (including phenoxy) is 1. The Balaban J connectivity index is 2.00. The molecule has 1 aromatic heterocycles. The number of likely N-dealkylation sites (N-methyl/N-ethyl adjacent to an activating group) is 1. The second-order valence-electron chi connectivity index (χ2n) is 7.87. The maximum absolute atomic E-state index is 13.3. The van der Waals surface area contributed by atoms with E-state index in [-0.39, 0.29) is 40.8 Å². The lowest BCUT2D eigenvalue weighted by molar-refractivity contribution is 0.0416. The summed E-state index contributed by atoms with van der Waals surface area (Å²) < 4.78 is 35.4. The lowest BCUT2D eigenvalue weighted by Crippen LogP contribution is -2.49. The molecule has 1 amide bonds. The molecule has 0 bridgehead atoms. The molecule has 2 aromatic rings. The number of nitrogens with one attached hydrogen (secondary N) is 2. The van der Waals surface area contributed by atoms with Crippen molar-refractivity contribution in [2.24, 2.45) is 13.0 Å². The number of benzene rings is 1. The number of sulfonamides is 1. The number of amides is 1. The third-order valence-corrected chi connectivity index (χ3v) is 6.54. The number of rotatable bonds is 7. The molecular formula is C20H29N5O5S. The zero-order chi connectivity index (χ0) is 22.8. The van der Waals surface area contributed by atoms with Gasteiger partial charge >= 0.3 is 0 Å². The summed E-state index contributed by atoms with van der Waals surface area (Å²) in [6.07, 6.45) is 2.57. The van der Waals surface area contributed by atoms with E-state index in [2.05, 4.69) is 15.0 Å². The minimum absolute atomic E-state index is 0.0147. The molecule has 0 spiro atoms. The summed E-state index contributed by atoms with van der Waals surface area (Å²) in [5, 5.41) is 12.6. The highest BCUT2D eigenvalue weighted by Gasteiger charge is 2.33. The Kier molecular flexibility index (Phi) is 6.87. The molecule has 10 nitrogen and oxygen atoms in total. The Morgan fingerprint density at radius 3 is 2.74 bits per heavy atom. The van der Waals surface area contributed by atoms with Crippen molar-refractivity contribution in [2.75, 3.05) is 31.5 Å². The molecule has 3 N–H and O–H groups in total. The van der Waals surface area contributed by atoms with Gasteiger partial charge in [0.25, 0.3) is 15.9 Å². The number of hydrogen-bond donors (Lipinski definition) is 3. The number of aromatic nitrogens is 2. The number of anilines is 1. The van der Waals surface area contributed by atoms with Gasteiger partial charge in [-0.3, -0.25) is 9.52 Å². The van der Waals surface area contributed by atoms with E-state index in [1.54, 1.807) is 31.0 Å². The van der Waals surface area contributed by atoms with Crippen LogP contribution in [-0.4, -0.2) is 72.8 Å². The fourth-order valence-electron chi connectivity index (χ4n) is 3.47. The molecule has 0 saturated carbocycles. The molecule has 1 aliphatic rings.